The van der Waals surface area contributed by atoms with Crippen LogP contribution in [0.3, 0.4) is 0 Å². The second-order valence-electron chi connectivity index (χ2n) is 3.05. The van der Waals surface area contributed by atoms with Crippen molar-refractivity contribution in [3.05, 3.63) is 35.6 Å². The van der Waals surface area contributed by atoms with E-state index in [4.69, 9.17) is 5.11 Å². The van der Waals surface area contributed by atoms with Gasteiger partial charge in [-0.2, -0.15) is 0 Å². The number of halogens is 1. The highest BCUT2D eigenvalue weighted by Gasteiger charge is 1.97. The van der Waals surface area contributed by atoms with Crippen molar-refractivity contribution in [3.63, 3.8) is 0 Å². The van der Waals surface area contributed by atoms with Crippen molar-refractivity contribution in [1.82, 2.24) is 0 Å². The molecule has 3 heteroatoms. The molecule has 0 amide bonds. The monoisotopic (exact) mass is 225 g/mol. The highest BCUT2D eigenvalue weighted by atomic mass is 19.1. The molecule has 1 N–H and O–H groups in total. The average molecular weight is 225 g/mol. The van der Waals surface area contributed by atoms with E-state index in [0.717, 1.165) is 11.3 Å². The topological polar surface area (TPSA) is 32.6 Å². The first-order valence-electron chi connectivity index (χ1n) is 5.62. The molecule has 1 aromatic rings. The fourth-order valence-corrected chi connectivity index (χ4v) is 1.12. The molecule has 0 radical (unpaired) electrons. The molecule has 16 heavy (non-hydrogen) atoms. The number of aliphatic hydroxyl groups excluding tert-OH is 1. The lowest BCUT2D eigenvalue weighted by molar-refractivity contribution is 0.291. The molecular formula is C13H20FNO. The predicted molar refractivity (Wildman–Crippen MR) is 66.5 cm³/mol. The fraction of sp³-hybridized carbons (Fsp3) is 0.462. The Morgan fingerprint density at radius 2 is 2.06 bits per heavy atom. The lowest BCUT2D eigenvalue weighted by Gasteiger charge is -2.00. The second-order valence-corrected chi connectivity index (χ2v) is 3.05. The largest absolute Gasteiger partial charge is 0.396 e. The second kappa shape index (κ2) is 9.04. The fourth-order valence-electron chi connectivity index (χ4n) is 1.12. The summed E-state index contributed by atoms with van der Waals surface area (Å²) in [6.45, 7) is 6.56. The van der Waals surface area contributed by atoms with Gasteiger partial charge in [0.15, 0.2) is 0 Å². The molecule has 0 aliphatic rings. The minimum Gasteiger partial charge on any atom is -0.396 e. The zero-order chi connectivity index (χ0) is 12.4. The maximum atomic E-state index is 12.8. The van der Waals surface area contributed by atoms with E-state index in [9.17, 15) is 4.39 Å². The average Bonchev–Trinajstić information content (AvgIpc) is 2.32. The first-order chi connectivity index (χ1) is 7.74. The first kappa shape index (κ1) is 14.8. The van der Waals surface area contributed by atoms with Crippen molar-refractivity contribution in [2.75, 3.05) is 13.2 Å². The number of aliphatic hydroxyl groups is 1. The van der Waals surface area contributed by atoms with Gasteiger partial charge < -0.3 is 5.11 Å². The van der Waals surface area contributed by atoms with Crippen molar-refractivity contribution in [2.24, 2.45) is 4.99 Å². The lowest BCUT2D eigenvalue weighted by Crippen LogP contribution is -1.98. The SMILES string of the molecule is CC.CC(=NCCCO)c1cccc(F)c1. The Labute approximate surface area is 96.8 Å². The number of benzene rings is 1. The molecule has 0 fully saturated rings. The van der Waals surface area contributed by atoms with Gasteiger partial charge in [0.1, 0.15) is 5.82 Å². The third kappa shape index (κ3) is 5.61. The number of aliphatic imine (C=N–C) groups is 1. The van der Waals surface area contributed by atoms with Crippen LogP contribution >= 0.6 is 0 Å². The van der Waals surface area contributed by atoms with Gasteiger partial charge >= 0.3 is 0 Å². The standard InChI is InChI=1S/C11H14FNO.C2H6/c1-9(13-6-3-7-14)10-4-2-5-11(12)8-10;1-2/h2,4-5,8,14H,3,6-7H2,1H3;1-2H3. The third-order valence-electron chi connectivity index (χ3n) is 1.91. The molecule has 0 atom stereocenters. The zero-order valence-corrected chi connectivity index (χ0v) is 10.2. The van der Waals surface area contributed by atoms with Crippen molar-refractivity contribution in [2.45, 2.75) is 27.2 Å². The van der Waals surface area contributed by atoms with Crippen molar-refractivity contribution >= 4 is 5.71 Å². The van der Waals surface area contributed by atoms with Crippen LogP contribution < -0.4 is 0 Å². The van der Waals surface area contributed by atoms with Crippen molar-refractivity contribution in [1.29, 1.82) is 0 Å². The highest BCUT2D eigenvalue weighted by molar-refractivity contribution is 5.98. The van der Waals surface area contributed by atoms with Gasteiger partial charge in [-0.05, 0) is 31.0 Å². The minimum absolute atomic E-state index is 0.139. The minimum atomic E-state index is -0.251. The van der Waals surface area contributed by atoms with E-state index in [2.05, 4.69) is 4.99 Å². The molecule has 90 valence electrons. The summed E-state index contributed by atoms with van der Waals surface area (Å²) < 4.78 is 12.8. The number of rotatable bonds is 4. The summed E-state index contributed by atoms with van der Waals surface area (Å²) in [4.78, 5) is 4.22. The Hall–Kier alpha value is -1.22. The van der Waals surface area contributed by atoms with E-state index in [-0.39, 0.29) is 12.4 Å². The molecule has 0 spiro atoms. The third-order valence-corrected chi connectivity index (χ3v) is 1.91. The van der Waals surface area contributed by atoms with Gasteiger partial charge in [0, 0.05) is 18.9 Å². The van der Waals surface area contributed by atoms with Crippen molar-refractivity contribution in [3.8, 4) is 0 Å². The van der Waals surface area contributed by atoms with E-state index >= 15 is 0 Å². The number of hydrogen-bond donors (Lipinski definition) is 1. The predicted octanol–water partition coefficient (Wildman–Crippen LogP) is 3.04. The smallest absolute Gasteiger partial charge is 0.123 e. The molecular weight excluding hydrogens is 205 g/mol. The van der Waals surface area contributed by atoms with Crippen LogP contribution in [0.2, 0.25) is 0 Å². The summed E-state index contributed by atoms with van der Waals surface area (Å²) in [5, 5.41) is 8.56. The van der Waals surface area contributed by atoms with Crippen LogP contribution in [0.5, 0.6) is 0 Å². The summed E-state index contributed by atoms with van der Waals surface area (Å²) >= 11 is 0. The molecule has 0 unspecified atom stereocenters. The number of nitrogens with zero attached hydrogens (tertiary/aromatic N) is 1. The highest BCUT2D eigenvalue weighted by Crippen LogP contribution is 2.05. The summed E-state index contributed by atoms with van der Waals surface area (Å²) in [5.41, 5.74) is 1.60. The summed E-state index contributed by atoms with van der Waals surface area (Å²) in [6, 6.07) is 6.35. The molecule has 0 aromatic heterocycles. The van der Waals surface area contributed by atoms with E-state index in [1.807, 2.05) is 26.8 Å². The summed E-state index contributed by atoms with van der Waals surface area (Å²) in [5.74, 6) is -0.251. The quantitative estimate of drug-likeness (QED) is 0.620. The summed E-state index contributed by atoms with van der Waals surface area (Å²) in [7, 11) is 0. The number of hydrogen-bond acceptors (Lipinski definition) is 2. The van der Waals surface area contributed by atoms with Gasteiger partial charge in [-0.1, -0.05) is 26.0 Å². The van der Waals surface area contributed by atoms with Crippen LogP contribution in [-0.2, 0) is 0 Å². The molecule has 0 bridgehead atoms. The maximum absolute atomic E-state index is 12.8. The van der Waals surface area contributed by atoms with Gasteiger partial charge in [-0.25, -0.2) is 4.39 Å². The van der Waals surface area contributed by atoms with E-state index < -0.39 is 0 Å². The molecule has 0 heterocycles. The molecule has 2 nitrogen and oxygen atoms in total. The molecule has 0 aliphatic carbocycles. The van der Waals surface area contributed by atoms with Gasteiger partial charge in [0.05, 0.1) is 0 Å². The van der Waals surface area contributed by atoms with Crippen LogP contribution in [0.25, 0.3) is 0 Å². The molecule has 0 saturated carbocycles. The van der Waals surface area contributed by atoms with Gasteiger partial charge in [-0.15, -0.1) is 0 Å². The van der Waals surface area contributed by atoms with Crippen LogP contribution in [0.1, 0.15) is 32.8 Å². The molecule has 0 saturated heterocycles. The van der Waals surface area contributed by atoms with E-state index in [0.29, 0.717) is 13.0 Å². The van der Waals surface area contributed by atoms with Crippen LogP contribution in [0.4, 0.5) is 4.39 Å². The van der Waals surface area contributed by atoms with Gasteiger partial charge in [0.2, 0.25) is 0 Å². The van der Waals surface area contributed by atoms with Crippen LogP contribution in [0.15, 0.2) is 29.3 Å². The molecule has 1 rings (SSSR count). The normalized spacial score (nSPS) is 10.7. The first-order valence-corrected chi connectivity index (χ1v) is 5.62. The maximum Gasteiger partial charge on any atom is 0.123 e. The van der Waals surface area contributed by atoms with Crippen LogP contribution in [0, 0.1) is 5.82 Å². The summed E-state index contributed by atoms with van der Waals surface area (Å²) in [6.07, 6.45) is 0.645. The lowest BCUT2D eigenvalue weighted by atomic mass is 10.1. The Morgan fingerprint density at radius 3 is 2.62 bits per heavy atom. The molecule has 1 aromatic carbocycles. The van der Waals surface area contributed by atoms with E-state index in [1.54, 1.807) is 6.07 Å². The Balaban J connectivity index is 0.00000106. The Morgan fingerprint density at radius 1 is 1.38 bits per heavy atom. The van der Waals surface area contributed by atoms with Gasteiger partial charge in [0.25, 0.3) is 0 Å². The van der Waals surface area contributed by atoms with Gasteiger partial charge in [-0.3, -0.25) is 4.99 Å². The molecule has 0 aliphatic heterocycles. The van der Waals surface area contributed by atoms with Crippen LogP contribution in [-0.4, -0.2) is 24.0 Å². The zero-order valence-electron chi connectivity index (χ0n) is 10.2. The van der Waals surface area contributed by atoms with E-state index in [1.165, 1.54) is 12.1 Å². The Bertz CT molecular complexity index is 323. The Kier molecular flexibility index (Phi) is 8.35. The van der Waals surface area contributed by atoms with Crippen molar-refractivity contribution < 1.29 is 9.50 Å².